The molecule has 0 bridgehead atoms. The third kappa shape index (κ3) is 7.53. The Hall–Kier alpha value is -4.46. The summed E-state index contributed by atoms with van der Waals surface area (Å²) in [6.45, 7) is 13.9. The fourth-order valence-corrected chi connectivity index (χ4v) is 8.43. The van der Waals surface area contributed by atoms with Gasteiger partial charge in [0.1, 0.15) is 29.5 Å². The van der Waals surface area contributed by atoms with Crippen LogP contribution in [-0.2, 0) is 47.6 Å². The van der Waals surface area contributed by atoms with E-state index >= 15 is 0 Å². The molecule has 2 aromatic carbocycles. The zero-order chi connectivity index (χ0) is 37.7. The van der Waals surface area contributed by atoms with Crippen LogP contribution in [0.4, 0.5) is 14.9 Å². The van der Waals surface area contributed by atoms with Crippen LogP contribution < -0.4 is 15.4 Å². The Labute approximate surface area is 304 Å². The summed E-state index contributed by atoms with van der Waals surface area (Å²) in [5, 5.41) is 5.49. The molecular weight excluding hydrogens is 690 g/mol. The van der Waals surface area contributed by atoms with Crippen LogP contribution in [0, 0.1) is 17.7 Å². The second-order valence-corrected chi connectivity index (χ2v) is 17.8. The molecule has 2 saturated carbocycles. The van der Waals surface area contributed by atoms with E-state index in [0.717, 1.165) is 11.3 Å². The first-order chi connectivity index (χ1) is 24.4. The SMILES string of the molecule is C=C[C@@H]1C[C@]1(NC(=O)[C@@H]1CC(OC(=O)N2Cc3cccc(F)c3C2)CN1C(=O)[C@@H](Nc1cccc(C(C)(C)C)c1)C(C)C)C(=O)NS(=O)(=O)C1CC1. The number of anilines is 1. The Kier molecular flexibility index (Phi) is 9.92. The van der Waals surface area contributed by atoms with E-state index in [9.17, 15) is 32.0 Å². The summed E-state index contributed by atoms with van der Waals surface area (Å²) < 4.78 is 47.8. The van der Waals surface area contributed by atoms with Crippen molar-refractivity contribution in [2.45, 2.75) is 108 Å². The molecule has 52 heavy (non-hydrogen) atoms. The van der Waals surface area contributed by atoms with Crippen LogP contribution in [0.3, 0.4) is 0 Å². The molecule has 2 heterocycles. The topological polar surface area (TPSA) is 154 Å². The summed E-state index contributed by atoms with van der Waals surface area (Å²) in [6.07, 6.45) is 0.868. The van der Waals surface area contributed by atoms with Gasteiger partial charge in [0.25, 0.3) is 5.91 Å². The molecule has 3 fully saturated rings. The first-order valence-corrected chi connectivity index (χ1v) is 19.4. The third-order valence-corrected chi connectivity index (χ3v) is 12.4. The van der Waals surface area contributed by atoms with Crippen molar-refractivity contribution < 1.29 is 36.7 Å². The molecule has 0 aromatic heterocycles. The molecular formula is C38H48FN5O7S. The maximum Gasteiger partial charge on any atom is 0.410 e. The fraction of sp³-hybridized carbons (Fsp3) is 0.526. The van der Waals surface area contributed by atoms with Gasteiger partial charge in [-0.3, -0.25) is 24.0 Å². The number of carbonyl (C=O) groups excluding carboxylic acids is 4. The number of halogens is 1. The van der Waals surface area contributed by atoms with Crippen molar-refractivity contribution >= 4 is 39.5 Å². The summed E-state index contributed by atoms with van der Waals surface area (Å²) in [5.41, 5.74) is 1.18. The monoisotopic (exact) mass is 737 g/mol. The molecule has 14 heteroatoms. The number of hydrogen-bond donors (Lipinski definition) is 3. The predicted molar refractivity (Wildman–Crippen MR) is 193 cm³/mol. The van der Waals surface area contributed by atoms with Gasteiger partial charge in [-0.1, -0.05) is 65.0 Å². The summed E-state index contributed by atoms with van der Waals surface area (Å²) in [6, 6.07) is 10.5. The molecule has 0 spiro atoms. The molecule has 4 aliphatic rings. The second kappa shape index (κ2) is 13.8. The van der Waals surface area contributed by atoms with Crippen molar-refractivity contribution in [2.24, 2.45) is 11.8 Å². The average Bonchev–Trinajstić information content (AvgIpc) is 3.97. The van der Waals surface area contributed by atoms with E-state index in [0.29, 0.717) is 24.0 Å². The van der Waals surface area contributed by atoms with Crippen LogP contribution >= 0.6 is 0 Å². The minimum absolute atomic E-state index is 0.0252. The van der Waals surface area contributed by atoms with E-state index in [1.807, 2.05) is 38.1 Å². The quantitative estimate of drug-likeness (QED) is 0.288. The number of nitrogens with one attached hydrogen (secondary N) is 3. The van der Waals surface area contributed by atoms with Crippen molar-refractivity contribution in [3.8, 4) is 0 Å². The van der Waals surface area contributed by atoms with E-state index in [1.165, 1.54) is 21.9 Å². The number of likely N-dealkylation sites (tertiary alicyclic amines) is 1. The number of fused-ring (bicyclic) bond motifs is 1. The van der Waals surface area contributed by atoms with Crippen LogP contribution in [0.2, 0.25) is 0 Å². The lowest BCUT2D eigenvalue weighted by molar-refractivity contribution is -0.140. The van der Waals surface area contributed by atoms with E-state index in [4.69, 9.17) is 4.74 Å². The van der Waals surface area contributed by atoms with Crippen molar-refractivity contribution in [3.63, 3.8) is 0 Å². The number of benzene rings is 2. The average molecular weight is 738 g/mol. The number of hydrogen-bond acceptors (Lipinski definition) is 8. The molecule has 280 valence electrons. The highest BCUT2D eigenvalue weighted by Crippen LogP contribution is 2.45. The number of nitrogens with zero attached hydrogens (tertiary/aromatic N) is 2. The van der Waals surface area contributed by atoms with Gasteiger partial charge in [-0.25, -0.2) is 17.6 Å². The lowest BCUT2D eigenvalue weighted by Gasteiger charge is -2.32. The molecule has 4 amide bonds. The maximum atomic E-state index is 14.5. The standard InChI is InChI=1S/C38H48FN5O7S/c1-7-24-18-38(24,35(47)42-52(49,50)28-14-15-28)41-33(45)31-17-27(51-36(48)43-19-23-10-8-13-30(39)29(23)21-43)20-44(31)34(46)32(22(2)3)40-26-12-9-11-25(16-26)37(4,5)6/h7-13,16,22,24,27-28,31-32,40H,1,14-15,17-21H2,2-6H3,(H,41,45)(H,42,47)/t24-,27?,31+,32+,38-/m1/s1. The normalized spacial score (nSPS) is 24.6. The van der Waals surface area contributed by atoms with Crippen LogP contribution in [-0.4, -0.2) is 77.6 Å². The summed E-state index contributed by atoms with van der Waals surface area (Å²) >= 11 is 0. The van der Waals surface area contributed by atoms with Crippen molar-refractivity contribution in [1.29, 1.82) is 0 Å². The Morgan fingerprint density at radius 3 is 2.40 bits per heavy atom. The van der Waals surface area contributed by atoms with E-state index in [-0.39, 0.29) is 43.8 Å². The first kappa shape index (κ1) is 37.3. The Morgan fingerprint density at radius 2 is 1.79 bits per heavy atom. The van der Waals surface area contributed by atoms with Gasteiger partial charge in [0.05, 0.1) is 18.3 Å². The maximum absolute atomic E-state index is 14.5. The number of carbonyl (C=O) groups is 4. The Bertz CT molecular complexity index is 1890. The largest absolute Gasteiger partial charge is 0.444 e. The van der Waals surface area contributed by atoms with Crippen molar-refractivity contribution in [2.75, 3.05) is 11.9 Å². The molecule has 1 unspecified atom stereocenters. The van der Waals surface area contributed by atoms with Crippen LogP contribution in [0.5, 0.6) is 0 Å². The third-order valence-electron chi connectivity index (χ3n) is 10.5. The Morgan fingerprint density at radius 1 is 1.08 bits per heavy atom. The summed E-state index contributed by atoms with van der Waals surface area (Å²) in [7, 11) is -3.90. The molecule has 6 rings (SSSR count). The van der Waals surface area contributed by atoms with Gasteiger partial charge in [-0.05, 0) is 59.9 Å². The van der Waals surface area contributed by atoms with Gasteiger partial charge < -0.3 is 20.3 Å². The van der Waals surface area contributed by atoms with Crippen LogP contribution in [0.1, 0.15) is 77.0 Å². The highest BCUT2D eigenvalue weighted by Gasteiger charge is 2.62. The molecule has 2 aliphatic heterocycles. The summed E-state index contributed by atoms with van der Waals surface area (Å²) in [5.74, 6) is -3.10. The number of sulfonamides is 1. The highest BCUT2D eigenvalue weighted by atomic mass is 32.2. The smallest absolute Gasteiger partial charge is 0.410 e. The Balaban J connectivity index is 1.24. The first-order valence-electron chi connectivity index (χ1n) is 17.8. The van der Waals surface area contributed by atoms with Gasteiger partial charge in [0.2, 0.25) is 21.8 Å². The minimum Gasteiger partial charge on any atom is -0.444 e. The molecule has 2 aliphatic carbocycles. The van der Waals surface area contributed by atoms with Gasteiger partial charge >= 0.3 is 6.09 Å². The van der Waals surface area contributed by atoms with Crippen molar-refractivity contribution in [1.82, 2.24) is 19.8 Å². The fourth-order valence-electron chi connectivity index (χ4n) is 7.07. The highest BCUT2D eigenvalue weighted by molar-refractivity contribution is 7.91. The van der Waals surface area contributed by atoms with Gasteiger partial charge in [0.15, 0.2) is 0 Å². The molecule has 3 N–H and O–H groups in total. The summed E-state index contributed by atoms with van der Waals surface area (Å²) in [4.78, 5) is 58.2. The van der Waals surface area contributed by atoms with E-state index < -0.39 is 74.5 Å². The molecule has 1 saturated heterocycles. The lowest BCUT2D eigenvalue weighted by atomic mass is 9.87. The molecule has 5 atom stereocenters. The number of rotatable bonds is 11. The zero-order valence-corrected chi connectivity index (χ0v) is 31.1. The van der Waals surface area contributed by atoms with Gasteiger partial charge in [0, 0.05) is 30.1 Å². The van der Waals surface area contributed by atoms with Crippen molar-refractivity contribution in [3.05, 3.63) is 77.6 Å². The van der Waals surface area contributed by atoms with Gasteiger partial charge in [-0.2, -0.15) is 0 Å². The second-order valence-electron chi connectivity index (χ2n) is 15.9. The molecule has 0 radical (unpaired) electrons. The number of amides is 4. The van der Waals surface area contributed by atoms with E-state index in [1.54, 1.807) is 12.1 Å². The minimum atomic E-state index is -3.90. The zero-order valence-electron chi connectivity index (χ0n) is 30.3. The van der Waals surface area contributed by atoms with E-state index in [2.05, 4.69) is 42.7 Å². The predicted octanol–water partition coefficient (Wildman–Crippen LogP) is 4.35. The lowest BCUT2D eigenvalue weighted by Crippen LogP contribution is -2.58. The molecule has 12 nitrogen and oxygen atoms in total. The van der Waals surface area contributed by atoms with Gasteiger partial charge in [-0.15, -0.1) is 6.58 Å². The van der Waals surface area contributed by atoms with Crippen LogP contribution in [0.15, 0.2) is 55.1 Å². The molecule has 2 aromatic rings. The number of ether oxygens (including phenoxy) is 1. The van der Waals surface area contributed by atoms with Crippen LogP contribution in [0.25, 0.3) is 0 Å².